The largest absolute Gasteiger partial charge is 0.481 e. The van der Waals surface area contributed by atoms with E-state index in [4.69, 9.17) is 5.11 Å². The van der Waals surface area contributed by atoms with E-state index in [1.54, 1.807) is 4.57 Å². The lowest BCUT2D eigenvalue weighted by Gasteiger charge is -2.19. The molecule has 0 amide bonds. The van der Waals surface area contributed by atoms with Crippen LogP contribution >= 0.6 is 0 Å². The van der Waals surface area contributed by atoms with Gasteiger partial charge in [-0.25, -0.2) is 4.98 Å². The summed E-state index contributed by atoms with van der Waals surface area (Å²) in [6, 6.07) is 5.27. The number of alkyl halides is 3. The van der Waals surface area contributed by atoms with Crippen molar-refractivity contribution in [3.63, 3.8) is 0 Å². The summed E-state index contributed by atoms with van der Waals surface area (Å²) < 4.78 is 40.9. The highest BCUT2D eigenvalue weighted by molar-refractivity contribution is 5.70. The molecule has 1 N–H and O–H groups in total. The van der Waals surface area contributed by atoms with E-state index < -0.39 is 23.6 Å². The van der Waals surface area contributed by atoms with Crippen LogP contribution < -0.4 is 0 Å². The first-order valence-electron chi connectivity index (χ1n) is 6.81. The van der Waals surface area contributed by atoms with Gasteiger partial charge < -0.3 is 9.67 Å². The van der Waals surface area contributed by atoms with Crippen molar-refractivity contribution >= 4 is 5.97 Å². The molecule has 0 saturated carbocycles. The predicted octanol–water partition coefficient (Wildman–Crippen LogP) is 3.22. The minimum absolute atomic E-state index is 0.0174. The van der Waals surface area contributed by atoms with E-state index in [9.17, 15) is 18.0 Å². The van der Waals surface area contributed by atoms with Crippen molar-refractivity contribution in [1.82, 2.24) is 9.55 Å². The number of rotatable bonds is 2. The molecule has 1 aliphatic heterocycles. The minimum atomic E-state index is -4.45. The summed E-state index contributed by atoms with van der Waals surface area (Å²) in [4.78, 5) is 15.3. The summed E-state index contributed by atoms with van der Waals surface area (Å²) in [6.07, 6.45) is -2.04. The van der Waals surface area contributed by atoms with Crippen LogP contribution in [-0.2, 0) is 23.9 Å². The smallest absolute Gasteiger partial charge is 0.417 e. The Morgan fingerprint density at radius 2 is 2.05 bits per heavy atom. The zero-order chi connectivity index (χ0) is 15.9. The fourth-order valence-electron chi connectivity index (χ4n) is 2.73. The average molecular weight is 310 g/mol. The van der Waals surface area contributed by atoms with E-state index in [2.05, 4.69) is 4.98 Å². The minimum Gasteiger partial charge on any atom is -0.481 e. The van der Waals surface area contributed by atoms with Crippen LogP contribution in [-0.4, -0.2) is 20.6 Å². The molecule has 22 heavy (non-hydrogen) atoms. The van der Waals surface area contributed by atoms with Gasteiger partial charge in [0.15, 0.2) is 0 Å². The molecule has 1 aliphatic rings. The summed E-state index contributed by atoms with van der Waals surface area (Å²) in [5.41, 5.74) is -0.488. The fourth-order valence-corrected chi connectivity index (χ4v) is 2.73. The number of carbonyl (C=O) groups is 1. The Bertz CT molecular complexity index is 722. The van der Waals surface area contributed by atoms with Gasteiger partial charge in [-0.3, -0.25) is 4.79 Å². The second kappa shape index (κ2) is 5.15. The Morgan fingerprint density at radius 3 is 2.73 bits per heavy atom. The number of hydrogen-bond acceptors (Lipinski definition) is 2. The number of aliphatic carboxylic acids is 1. The molecule has 0 aliphatic carbocycles. The van der Waals surface area contributed by atoms with Crippen molar-refractivity contribution in [3.8, 4) is 11.3 Å². The van der Waals surface area contributed by atoms with E-state index in [-0.39, 0.29) is 17.8 Å². The van der Waals surface area contributed by atoms with E-state index in [0.29, 0.717) is 18.7 Å². The average Bonchev–Trinajstić information content (AvgIpc) is 2.89. The number of halogens is 3. The monoisotopic (exact) mass is 310 g/mol. The third-order valence-corrected chi connectivity index (χ3v) is 3.85. The molecule has 3 rings (SSSR count). The molecule has 2 aromatic rings. The molecule has 1 atom stereocenters. The van der Waals surface area contributed by atoms with Gasteiger partial charge in [0, 0.05) is 24.7 Å². The predicted molar refractivity (Wildman–Crippen MR) is 72.1 cm³/mol. The number of carboxylic acids is 1. The summed E-state index contributed by atoms with van der Waals surface area (Å²) in [6.45, 7) is 0.242. The lowest BCUT2D eigenvalue weighted by atomic mass is 10.00. The van der Waals surface area contributed by atoms with Crippen LogP contribution in [0.2, 0.25) is 0 Å². The van der Waals surface area contributed by atoms with Crippen LogP contribution in [0.3, 0.4) is 0 Å². The van der Waals surface area contributed by atoms with E-state index in [1.165, 1.54) is 24.4 Å². The standard InChI is InChI=1S/C15H13F3N2O2/c16-15(17,18)11-4-2-1-3-10(11)12-8-20-7-9(14(21)22)5-6-13(20)19-12/h1-4,8-9H,5-7H2,(H,21,22). The first-order valence-corrected chi connectivity index (χ1v) is 6.81. The Kier molecular flexibility index (Phi) is 3.42. The van der Waals surface area contributed by atoms with E-state index in [1.807, 2.05) is 0 Å². The van der Waals surface area contributed by atoms with Gasteiger partial charge in [-0.2, -0.15) is 13.2 Å². The van der Waals surface area contributed by atoms with Gasteiger partial charge in [-0.15, -0.1) is 0 Å². The number of carboxylic acid groups (broad SMARTS) is 1. The van der Waals surface area contributed by atoms with Crippen LogP contribution in [0.1, 0.15) is 17.8 Å². The van der Waals surface area contributed by atoms with Crippen molar-refractivity contribution < 1.29 is 23.1 Å². The van der Waals surface area contributed by atoms with Gasteiger partial charge in [0.1, 0.15) is 5.82 Å². The molecule has 1 unspecified atom stereocenters. The maximum atomic E-state index is 13.1. The SMILES string of the molecule is O=C(O)C1CCc2nc(-c3ccccc3C(F)(F)F)cn2C1. The maximum Gasteiger partial charge on any atom is 0.417 e. The molecular formula is C15H13F3N2O2. The molecule has 0 fully saturated rings. The number of benzene rings is 1. The van der Waals surface area contributed by atoms with Gasteiger partial charge in [-0.05, 0) is 12.5 Å². The Labute approximate surface area is 124 Å². The maximum absolute atomic E-state index is 13.1. The topological polar surface area (TPSA) is 55.1 Å². The molecule has 1 aromatic carbocycles. The van der Waals surface area contributed by atoms with Gasteiger partial charge in [-0.1, -0.05) is 18.2 Å². The second-order valence-electron chi connectivity index (χ2n) is 5.31. The van der Waals surface area contributed by atoms with E-state index in [0.717, 1.165) is 6.07 Å². The van der Waals surface area contributed by atoms with Crippen LogP contribution in [0.4, 0.5) is 13.2 Å². The molecule has 0 saturated heterocycles. The lowest BCUT2D eigenvalue weighted by molar-refractivity contribution is -0.142. The zero-order valence-electron chi connectivity index (χ0n) is 11.5. The third-order valence-electron chi connectivity index (χ3n) is 3.85. The highest BCUT2D eigenvalue weighted by Crippen LogP contribution is 2.37. The lowest BCUT2D eigenvalue weighted by Crippen LogP contribution is -2.26. The van der Waals surface area contributed by atoms with Crippen molar-refractivity contribution in [2.45, 2.75) is 25.6 Å². The van der Waals surface area contributed by atoms with Crippen molar-refractivity contribution in [2.75, 3.05) is 0 Å². The highest BCUT2D eigenvalue weighted by Gasteiger charge is 2.34. The van der Waals surface area contributed by atoms with Crippen molar-refractivity contribution in [3.05, 3.63) is 41.9 Å². The summed E-state index contributed by atoms with van der Waals surface area (Å²) >= 11 is 0. The molecule has 4 nitrogen and oxygen atoms in total. The van der Waals surface area contributed by atoms with Crippen LogP contribution in [0.5, 0.6) is 0 Å². The number of nitrogens with zero attached hydrogens (tertiary/aromatic N) is 2. The fraction of sp³-hybridized carbons (Fsp3) is 0.333. The highest BCUT2D eigenvalue weighted by atomic mass is 19.4. The molecular weight excluding hydrogens is 297 g/mol. The summed E-state index contributed by atoms with van der Waals surface area (Å²) in [5.74, 6) is -0.784. The Balaban J connectivity index is 2.01. The summed E-state index contributed by atoms with van der Waals surface area (Å²) in [5, 5.41) is 9.06. The molecule has 0 bridgehead atoms. The number of imidazole rings is 1. The Hall–Kier alpha value is -2.31. The normalized spacial score (nSPS) is 18.0. The van der Waals surface area contributed by atoms with E-state index >= 15 is 0 Å². The van der Waals surface area contributed by atoms with Gasteiger partial charge in [0.25, 0.3) is 0 Å². The number of aryl methyl sites for hydroxylation is 1. The first-order chi connectivity index (χ1) is 10.4. The van der Waals surface area contributed by atoms with Crippen molar-refractivity contribution in [2.24, 2.45) is 5.92 Å². The van der Waals surface area contributed by atoms with Gasteiger partial charge in [0.2, 0.25) is 0 Å². The quantitative estimate of drug-likeness (QED) is 0.926. The Morgan fingerprint density at radius 1 is 1.32 bits per heavy atom. The molecule has 2 heterocycles. The second-order valence-corrected chi connectivity index (χ2v) is 5.31. The molecule has 116 valence electrons. The van der Waals surface area contributed by atoms with Gasteiger partial charge >= 0.3 is 12.1 Å². The van der Waals surface area contributed by atoms with Crippen LogP contribution in [0.25, 0.3) is 11.3 Å². The number of fused-ring (bicyclic) bond motifs is 1. The summed E-state index contributed by atoms with van der Waals surface area (Å²) in [7, 11) is 0. The van der Waals surface area contributed by atoms with Gasteiger partial charge in [0.05, 0.1) is 17.2 Å². The molecule has 0 spiro atoms. The van der Waals surface area contributed by atoms with Crippen LogP contribution in [0, 0.1) is 5.92 Å². The number of hydrogen-bond donors (Lipinski definition) is 1. The first kappa shape index (κ1) is 14.6. The zero-order valence-corrected chi connectivity index (χ0v) is 11.5. The number of aromatic nitrogens is 2. The third kappa shape index (κ3) is 2.58. The van der Waals surface area contributed by atoms with Crippen molar-refractivity contribution in [1.29, 1.82) is 0 Å². The molecule has 7 heteroatoms. The molecule has 0 radical (unpaired) electrons. The van der Waals surface area contributed by atoms with Crippen LogP contribution in [0.15, 0.2) is 30.5 Å². The molecule has 1 aromatic heterocycles.